The Bertz CT molecular complexity index is 195. The van der Waals surface area contributed by atoms with Gasteiger partial charge >= 0.3 is 5.97 Å². The Balaban J connectivity index is 3.99. The van der Waals surface area contributed by atoms with Gasteiger partial charge in [-0.3, -0.25) is 0 Å². The van der Waals surface area contributed by atoms with Crippen molar-refractivity contribution in [2.45, 2.75) is 20.3 Å². The third kappa shape index (κ3) is 5.35. The predicted octanol–water partition coefficient (Wildman–Crippen LogP) is 2.83. The third-order valence-electron chi connectivity index (χ3n) is 1.08. The third-order valence-corrected chi connectivity index (χ3v) is 1.88. The van der Waals surface area contributed by atoms with E-state index in [4.69, 9.17) is 4.74 Å². The number of hydrogen-bond acceptors (Lipinski definition) is 2. The summed E-state index contributed by atoms with van der Waals surface area (Å²) in [5.41, 5.74) is 0. The largest absolute Gasteiger partial charge is 0.462 e. The quantitative estimate of drug-likeness (QED) is 0.342. The minimum absolute atomic E-state index is 0.251. The summed E-state index contributed by atoms with van der Waals surface area (Å²) in [5, 5.41) is 0. The molecule has 2 nitrogen and oxygen atoms in total. The summed E-state index contributed by atoms with van der Waals surface area (Å²) >= 11 is 1.97. The van der Waals surface area contributed by atoms with Gasteiger partial charge < -0.3 is 4.74 Å². The first-order valence-electron chi connectivity index (χ1n) is 3.91. The van der Waals surface area contributed by atoms with E-state index in [9.17, 15) is 4.79 Å². The number of esters is 1. The standard InChI is InChI=1S/C9H13IO2/c1-3-5-6-7-8(10)9(11)12-4-2/h5-7H,3-4H2,1-2H3/b6-5+,8-7-. The van der Waals surface area contributed by atoms with Gasteiger partial charge in [-0.25, -0.2) is 4.79 Å². The molecule has 3 heteroatoms. The molecule has 0 N–H and O–H groups in total. The molecular formula is C9H13IO2. The molecule has 0 unspecified atom stereocenters. The molecule has 0 heterocycles. The number of halogens is 1. The van der Waals surface area contributed by atoms with E-state index in [0.29, 0.717) is 10.2 Å². The van der Waals surface area contributed by atoms with Gasteiger partial charge in [-0.05, 0) is 42.0 Å². The highest BCUT2D eigenvalue weighted by Crippen LogP contribution is 2.08. The molecule has 0 fully saturated rings. The lowest BCUT2D eigenvalue weighted by atomic mass is 10.4. The predicted molar refractivity (Wildman–Crippen MR) is 58.2 cm³/mol. The summed E-state index contributed by atoms with van der Waals surface area (Å²) in [7, 11) is 0. The van der Waals surface area contributed by atoms with E-state index in [1.165, 1.54) is 0 Å². The lowest BCUT2D eigenvalue weighted by Gasteiger charge is -1.97. The molecule has 0 saturated heterocycles. The van der Waals surface area contributed by atoms with Crippen molar-refractivity contribution in [3.63, 3.8) is 0 Å². The monoisotopic (exact) mass is 280 g/mol. The number of carbonyl (C=O) groups is 1. The molecule has 0 aliphatic rings. The topological polar surface area (TPSA) is 26.3 Å². The second-order valence-electron chi connectivity index (χ2n) is 2.07. The first-order valence-corrected chi connectivity index (χ1v) is 4.99. The summed E-state index contributed by atoms with van der Waals surface area (Å²) in [4.78, 5) is 11.0. The molecular weight excluding hydrogens is 267 g/mol. The lowest BCUT2D eigenvalue weighted by molar-refractivity contribution is -0.137. The molecule has 0 rings (SSSR count). The van der Waals surface area contributed by atoms with Crippen molar-refractivity contribution in [2.24, 2.45) is 0 Å². The number of carbonyl (C=O) groups excluding carboxylic acids is 1. The Morgan fingerprint density at radius 1 is 1.50 bits per heavy atom. The highest BCUT2D eigenvalue weighted by molar-refractivity contribution is 14.1. The second-order valence-corrected chi connectivity index (χ2v) is 3.23. The minimum atomic E-state index is -0.251. The zero-order valence-corrected chi connectivity index (χ0v) is 9.50. The van der Waals surface area contributed by atoms with E-state index in [1.54, 1.807) is 13.0 Å². The van der Waals surface area contributed by atoms with Crippen LogP contribution < -0.4 is 0 Å². The normalized spacial score (nSPS) is 12.1. The Morgan fingerprint density at radius 3 is 2.67 bits per heavy atom. The van der Waals surface area contributed by atoms with E-state index in [-0.39, 0.29) is 5.97 Å². The minimum Gasteiger partial charge on any atom is -0.462 e. The zero-order valence-electron chi connectivity index (χ0n) is 7.34. The first kappa shape index (κ1) is 11.7. The maximum absolute atomic E-state index is 11.0. The Labute approximate surface area is 86.8 Å². The van der Waals surface area contributed by atoms with Gasteiger partial charge in [0, 0.05) is 0 Å². The van der Waals surface area contributed by atoms with Gasteiger partial charge in [0.25, 0.3) is 0 Å². The van der Waals surface area contributed by atoms with Gasteiger partial charge in [-0.1, -0.05) is 19.1 Å². The van der Waals surface area contributed by atoms with Crippen LogP contribution >= 0.6 is 22.6 Å². The highest BCUT2D eigenvalue weighted by atomic mass is 127. The van der Waals surface area contributed by atoms with Crippen LogP contribution in [-0.4, -0.2) is 12.6 Å². The van der Waals surface area contributed by atoms with Crippen LogP contribution in [0.15, 0.2) is 21.8 Å². The summed E-state index contributed by atoms with van der Waals surface area (Å²) in [5.74, 6) is -0.251. The van der Waals surface area contributed by atoms with Crippen molar-refractivity contribution in [3.8, 4) is 0 Å². The van der Waals surface area contributed by atoms with E-state index >= 15 is 0 Å². The molecule has 68 valence electrons. The van der Waals surface area contributed by atoms with Crippen LogP contribution in [0.2, 0.25) is 0 Å². The fourth-order valence-corrected chi connectivity index (χ4v) is 0.920. The van der Waals surface area contributed by atoms with Crippen molar-refractivity contribution in [3.05, 3.63) is 21.8 Å². The van der Waals surface area contributed by atoms with E-state index in [1.807, 2.05) is 41.7 Å². The second kappa shape index (κ2) is 7.34. The molecule has 0 bridgehead atoms. The number of rotatable bonds is 4. The molecule has 0 aromatic rings. The van der Waals surface area contributed by atoms with Gasteiger partial charge in [0.1, 0.15) is 0 Å². The molecule has 0 amide bonds. The molecule has 0 spiro atoms. The average Bonchev–Trinajstić information content (AvgIpc) is 2.05. The van der Waals surface area contributed by atoms with Crippen molar-refractivity contribution in [1.29, 1.82) is 0 Å². The smallest absolute Gasteiger partial charge is 0.344 e. The van der Waals surface area contributed by atoms with E-state index in [2.05, 4.69) is 0 Å². The molecule has 0 radical (unpaired) electrons. The van der Waals surface area contributed by atoms with Gasteiger partial charge in [-0.2, -0.15) is 0 Å². The van der Waals surface area contributed by atoms with Crippen LogP contribution in [0.3, 0.4) is 0 Å². The maximum Gasteiger partial charge on any atom is 0.344 e. The molecule has 0 aromatic carbocycles. The molecule has 0 aliphatic carbocycles. The van der Waals surface area contributed by atoms with Gasteiger partial charge in [-0.15, -0.1) is 0 Å². The number of allylic oxidation sites excluding steroid dienone is 3. The van der Waals surface area contributed by atoms with Crippen molar-refractivity contribution in [2.75, 3.05) is 6.61 Å². The lowest BCUT2D eigenvalue weighted by Crippen LogP contribution is -2.02. The Morgan fingerprint density at radius 2 is 2.17 bits per heavy atom. The van der Waals surface area contributed by atoms with Crippen LogP contribution in [0.1, 0.15) is 20.3 Å². The fraction of sp³-hybridized carbons (Fsp3) is 0.444. The van der Waals surface area contributed by atoms with Gasteiger partial charge in [0.2, 0.25) is 0 Å². The number of ether oxygens (including phenoxy) is 1. The average molecular weight is 280 g/mol. The summed E-state index contributed by atoms with van der Waals surface area (Å²) in [6.07, 6.45) is 6.57. The highest BCUT2D eigenvalue weighted by Gasteiger charge is 2.03. The van der Waals surface area contributed by atoms with Gasteiger partial charge in [0.15, 0.2) is 0 Å². The van der Waals surface area contributed by atoms with Crippen molar-refractivity contribution >= 4 is 28.6 Å². The molecule has 0 saturated carbocycles. The maximum atomic E-state index is 11.0. The Kier molecular flexibility index (Phi) is 7.14. The Hall–Kier alpha value is -0.320. The molecule has 0 atom stereocenters. The van der Waals surface area contributed by atoms with Crippen LogP contribution in [0, 0.1) is 0 Å². The molecule has 0 aliphatic heterocycles. The number of hydrogen-bond donors (Lipinski definition) is 0. The van der Waals surface area contributed by atoms with Crippen LogP contribution in [-0.2, 0) is 9.53 Å². The van der Waals surface area contributed by atoms with Crippen LogP contribution in [0.5, 0.6) is 0 Å². The summed E-state index contributed by atoms with van der Waals surface area (Å²) in [6.45, 7) is 4.27. The van der Waals surface area contributed by atoms with E-state index < -0.39 is 0 Å². The SMILES string of the molecule is CC/C=C/C=C(\I)C(=O)OCC. The fourth-order valence-electron chi connectivity index (χ4n) is 0.557. The van der Waals surface area contributed by atoms with Gasteiger partial charge in [0.05, 0.1) is 10.2 Å². The van der Waals surface area contributed by atoms with E-state index in [0.717, 1.165) is 6.42 Å². The van der Waals surface area contributed by atoms with Crippen molar-refractivity contribution in [1.82, 2.24) is 0 Å². The summed E-state index contributed by atoms with van der Waals surface area (Å²) < 4.78 is 5.40. The summed E-state index contributed by atoms with van der Waals surface area (Å²) in [6, 6.07) is 0. The zero-order chi connectivity index (χ0) is 9.40. The first-order chi connectivity index (χ1) is 5.72. The van der Waals surface area contributed by atoms with Crippen LogP contribution in [0.4, 0.5) is 0 Å². The molecule has 0 aromatic heterocycles. The molecule has 12 heavy (non-hydrogen) atoms. The van der Waals surface area contributed by atoms with Crippen LogP contribution in [0.25, 0.3) is 0 Å². The van der Waals surface area contributed by atoms with Crippen molar-refractivity contribution < 1.29 is 9.53 Å².